The standard InChI is InChI=1S/C76H68N2S/c1-74(2,3)56-22-31-62(32-23-56)77(60-26-17-52(18-27-60)50-13-9-7-10-14-50)64-30-21-54-45-68-66-37-38-70-72(73(66)76(69(68)46-55(54)44-64)58-40-48-39-49(42-58)43-59(76)41-48)67-36-35-65(47-71(67)79-70)78(63-33-24-57(25-34-63)75(4,5)6)61-28-19-53(20-29-61)51-15-11-8-12-16-51/h7-38,44-49,58-59H,39-43H2,1-6H3. The summed E-state index contributed by atoms with van der Waals surface area (Å²) >= 11 is 1.99. The van der Waals surface area contributed by atoms with Crippen molar-refractivity contribution in [3.8, 4) is 33.4 Å². The summed E-state index contributed by atoms with van der Waals surface area (Å²) in [5.41, 5.74) is 20.9. The van der Waals surface area contributed by atoms with Crippen LogP contribution in [0.1, 0.15) is 95.9 Å². The molecule has 4 fully saturated rings. The largest absolute Gasteiger partial charge is 0.310 e. The van der Waals surface area contributed by atoms with Crippen LogP contribution in [0.2, 0.25) is 0 Å². The van der Waals surface area contributed by atoms with E-state index in [-0.39, 0.29) is 16.2 Å². The predicted octanol–water partition coefficient (Wildman–Crippen LogP) is 21.8. The zero-order chi connectivity index (χ0) is 53.4. The molecule has 0 atom stereocenters. The highest BCUT2D eigenvalue weighted by molar-refractivity contribution is 7.25. The summed E-state index contributed by atoms with van der Waals surface area (Å²) in [5.74, 6) is 2.97. The third-order valence-corrected chi connectivity index (χ3v) is 20.2. The van der Waals surface area contributed by atoms with Crippen LogP contribution in [0.3, 0.4) is 0 Å². The van der Waals surface area contributed by atoms with Gasteiger partial charge in [0.2, 0.25) is 0 Å². The van der Waals surface area contributed by atoms with Crippen LogP contribution in [0.4, 0.5) is 34.1 Å². The summed E-state index contributed by atoms with van der Waals surface area (Å²) < 4.78 is 2.77. The third kappa shape index (κ3) is 7.93. The number of anilines is 6. The molecule has 4 saturated carbocycles. The summed E-state index contributed by atoms with van der Waals surface area (Å²) in [6, 6.07) is 83.3. The van der Waals surface area contributed by atoms with Crippen LogP contribution in [0.25, 0.3) is 64.3 Å². The lowest BCUT2D eigenvalue weighted by Gasteiger charge is -2.61. The molecule has 1 aromatic heterocycles. The summed E-state index contributed by atoms with van der Waals surface area (Å²) in [6.45, 7) is 13.8. The van der Waals surface area contributed by atoms with Gasteiger partial charge in [-0.25, -0.2) is 0 Å². The van der Waals surface area contributed by atoms with Gasteiger partial charge in [-0.1, -0.05) is 169 Å². The minimum atomic E-state index is -0.0223. The van der Waals surface area contributed by atoms with Crippen LogP contribution in [-0.2, 0) is 16.2 Å². The maximum absolute atomic E-state index is 2.69. The molecule has 10 aromatic carbocycles. The summed E-state index contributed by atoms with van der Waals surface area (Å²) in [6.07, 6.45) is 6.80. The normalized spacial score (nSPS) is 20.1. The lowest BCUT2D eigenvalue weighted by atomic mass is 9.43. The molecule has 0 amide bonds. The van der Waals surface area contributed by atoms with Crippen molar-refractivity contribution in [2.24, 2.45) is 23.7 Å². The van der Waals surface area contributed by atoms with Crippen LogP contribution in [-0.4, -0.2) is 0 Å². The molecule has 11 aromatic rings. The van der Waals surface area contributed by atoms with Gasteiger partial charge in [-0.15, -0.1) is 11.3 Å². The Bertz CT molecular complexity index is 4090. The summed E-state index contributed by atoms with van der Waals surface area (Å²) in [5, 5.41) is 5.55. The van der Waals surface area contributed by atoms with Gasteiger partial charge >= 0.3 is 0 Å². The smallest absolute Gasteiger partial charge is 0.0476 e. The van der Waals surface area contributed by atoms with E-state index in [1.165, 1.54) is 130 Å². The first kappa shape index (κ1) is 48.4. The second kappa shape index (κ2) is 18.2. The van der Waals surface area contributed by atoms with Crippen molar-refractivity contribution in [2.75, 3.05) is 9.80 Å². The molecule has 1 heterocycles. The van der Waals surface area contributed by atoms with Gasteiger partial charge in [0.15, 0.2) is 0 Å². The Labute approximate surface area is 471 Å². The van der Waals surface area contributed by atoms with Crippen molar-refractivity contribution in [1.82, 2.24) is 0 Å². The van der Waals surface area contributed by atoms with Crippen molar-refractivity contribution in [2.45, 2.75) is 89.9 Å². The molecule has 4 bridgehead atoms. The molecule has 1 spiro atoms. The van der Waals surface area contributed by atoms with E-state index in [1.807, 2.05) is 11.3 Å². The highest BCUT2D eigenvalue weighted by Crippen LogP contribution is 2.71. The fraction of sp³-hybridized carbons (Fsp3) is 0.237. The number of thiophene rings is 1. The average molecular weight is 1040 g/mol. The molecule has 3 heteroatoms. The van der Waals surface area contributed by atoms with E-state index in [9.17, 15) is 0 Å². The molecular formula is C76H68N2S. The Morgan fingerprint density at radius 3 is 1.34 bits per heavy atom. The minimum Gasteiger partial charge on any atom is -0.310 e. The highest BCUT2D eigenvalue weighted by Gasteiger charge is 2.62. The molecule has 16 rings (SSSR count). The van der Waals surface area contributed by atoms with Gasteiger partial charge in [-0.2, -0.15) is 0 Å². The van der Waals surface area contributed by atoms with Gasteiger partial charge in [0.25, 0.3) is 0 Å². The average Bonchev–Trinajstić information content (AvgIpc) is 4.22. The minimum absolute atomic E-state index is 0.0223. The molecule has 5 aliphatic carbocycles. The van der Waals surface area contributed by atoms with Crippen LogP contribution in [0.15, 0.2) is 218 Å². The van der Waals surface area contributed by atoms with Crippen LogP contribution >= 0.6 is 11.3 Å². The van der Waals surface area contributed by atoms with E-state index in [4.69, 9.17) is 0 Å². The Morgan fingerprint density at radius 1 is 0.380 bits per heavy atom. The second-order valence-corrected chi connectivity index (χ2v) is 26.9. The lowest BCUT2D eigenvalue weighted by Crippen LogP contribution is -2.55. The van der Waals surface area contributed by atoms with E-state index in [0.29, 0.717) is 11.8 Å². The van der Waals surface area contributed by atoms with Gasteiger partial charge in [-0.3, -0.25) is 0 Å². The fourth-order valence-electron chi connectivity index (χ4n) is 15.5. The molecule has 0 aliphatic heterocycles. The topological polar surface area (TPSA) is 6.48 Å². The third-order valence-electron chi connectivity index (χ3n) is 19.1. The number of benzene rings is 10. The lowest BCUT2D eigenvalue weighted by molar-refractivity contribution is -0.0393. The highest BCUT2D eigenvalue weighted by atomic mass is 32.1. The number of nitrogens with zero attached hydrogens (tertiary/aromatic N) is 2. The number of hydrogen-bond donors (Lipinski definition) is 0. The van der Waals surface area contributed by atoms with Crippen molar-refractivity contribution in [3.63, 3.8) is 0 Å². The molecule has 2 nitrogen and oxygen atoms in total. The van der Waals surface area contributed by atoms with E-state index < -0.39 is 0 Å². The van der Waals surface area contributed by atoms with Gasteiger partial charge in [0, 0.05) is 59.7 Å². The van der Waals surface area contributed by atoms with Gasteiger partial charge in [0.05, 0.1) is 0 Å². The molecular weight excluding hydrogens is 973 g/mol. The van der Waals surface area contributed by atoms with Crippen molar-refractivity contribution in [1.29, 1.82) is 0 Å². The van der Waals surface area contributed by atoms with Gasteiger partial charge < -0.3 is 9.80 Å². The Morgan fingerprint density at radius 2 is 0.835 bits per heavy atom. The molecule has 0 radical (unpaired) electrons. The van der Waals surface area contributed by atoms with Crippen molar-refractivity contribution in [3.05, 3.63) is 241 Å². The van der Waals surface area contributed by atoms with E-state index >= 15 is 0 Å². The molecule has 79 heavy (non-hydrogen) atoms. The molecule has 0 unspecified atom stereocenters. The number of fused-ring (bicyclic) bond motifs is 8. The summed E-state index contributed by atoms with van der Waals surface area (Å²) in [4.78, 5) is 4.94. The summed E-state index contributed by atoms with van der Waals surface area (Å²) in [7, 11) is 0. The fourth-order valence-corrected chi connectivity index (χ4v) is 16.7. The van der Waals surface area contributed by atoms with E-state index in [0.717, 1.165) is 23.2 Å². The van der Waals surface area contributed by atoms with Crippen molar-refractivity contribution >= 4 is 76.4 Å². The van der Waals surface area contributed by atoms with Gasteiger partial charge in [-0.05, 0) is 224 Å². The molecule has 5 aliphatic rings. The Hall–Kier alpha value is -7.72. The van der Waals surface area contributed by atoms with Crippen LogP contribution in [0, 0.1) is 23.7 Å². The second-order valence-electron chi connectivity index (χ2n) is 25.8. The maximum Gasteiger partial charge on any atom is 0.0476 e. The zero-order valence-electron chi connectivity index (χ0n) is 46.4. The first-order valence-corrected chi connectivity index (χ1v) is 29.9. The maximum atomic E-state index is 2.69. The molecule has 0 N–H and O–H groups in total. The van der Waals surface area contributed by atoms with Crippen LogP contribution < -0.4 is 9.80 Å². The van der Waals surface area contributed by atoms with Gasteiger partial charge in [0.1, 0.15) is 0 Å². The van der Waals surface area contributed by atoms with E-state index in [1.54, 1.807) is 11.1 Å². The first-order valence-electron chi connectivity index (χ1n) is 29.1. The molecule has 388 valence electrons. The van der Waals surface area contributed by atoms with Crippen molar-refractivity contribution < 1.29 is 0 Å². The SMILES string of the molecule is CC(C)(C)c1ccc(N(c2ccc(-c3ccccc3)cc2)c2ccc3cc4c(cc3c2)C2(c3c-4ccc4sc5cc(N(c6ccc(-c7ccccc7)cc6)c6ccc(C(C)(C)C)cc6)ccc5c34)C3CC4CC(C3)CC2C4)cc1. The van der Waals surface area contributed by atoms with E-state index in [2.05, 4.69) is 270 Å². The Balaban J connectivity index is 0.875. The first-order chi connectivity index (χ1) is 38.3. The Kier molecular flexibility index (Phi) is 11.1. The quantitative estimate of drug-likeness (QED) is 0.150. The van der Waals surface area contributed by atoms with Crippen LogP contribution in [0.5, 0.6) is 0 Å². The monoisotopic (exact) mass is 1040 g/mol. The number of hydrogen-bond acceptors (Lipinski definition) is 3. The number of rotatable bonds is 8. The zero-order valence-corrected chi connectivity index (χ0v) is 47.2. The predicted molar refractivity (Wildman–Crippen MR) is 338 cm³/mol. The molecule has 0 saturated heterocycles.